The first kappa shape index (κ1) is 26.6. The molecule has 3 fully saturated rings. The summed E-state index contributed by atoms with van der Waals surface area (Å²) in [5, 5.41) is 15.3. The average Bonchev–Trinajstić information content (AvgIpc) is 3.61. The molecule has 5 rings (SSSR count). The number of carbonyl (C=O) groups excluding carboxylic acids is 3. The van der Waals surface area contributed by atoms with Gasteiger partial charge in [0, 0.05) is 17.4 Å². The summed E-state index contributed by atoms with van der Waals surface area (Å²) in [6, 6.07) is 2.69. The number of hydrogen-bond donors (Lipinski definition) is 5. The standard InChI is InChI=1S/C25H31FN4O7S/c1-11(24(34)38(35,36)37)27-22(32)20-18-14(25(18,2)3)10-30(20)23(33)19(12-7-8-12)29-21(31)17-9-13-15(26)5-4-6-16(13)28-17/h4-6,9,11-12,14,18-20,24,28,34H,7-8,10H2,1-3H3,(H,27,32)(H,29,31)(H,35,36,37)/t11-,14-,18-,19-,20-,24?/m0/s1. The molecule has 3 amide bonds. The van der Waals surface area contributed by atoms with Crippen LogP contribution in [-0.2, 0) is 19.7 Å². The monoisotopic (exact) mass is 550 g/mol. The van der Waals surface area contributed by atoms with Gasteiger partial charge in [-0.3, -0.25) is 18.9 Å². The molecule has 13 heteroatoms. The van der Waals surface area contributed by atoms with Crippen molar-refractivity contribution in [2.75, 3.05) is 6.54 Å². The molecule has 0 radical (unpaired) electrons. The minimum absolute atomic E-state index is 0.0382. The predicted molar refractivity (Wildman–Crippen MR) is 134 cm³/mol. The van der Waals surface area contributed by atoms with E-state index in [1.165, 1.54) is 30.0 Å². The number of halogens is 1. The van der Waals surface area contributed by atoms with Gasteiger partial charge in [0.2, 0.25) is 17.3 Å². The van der Waals surface area contributed by atoms with Gasteiger partial charge in [-0.05, 0) is 61.1 Å². The summed E-state index contributed by atoms with van der Waals surface area (Å²) < 4.78 is 45.9. The van der Waals surface area contributed by atoms with Crippen LogP contribution in [0.4, 0.5) is 4.39 Å². The minimum atomic E-state index is -4.81. The molecule has 1 aromatic carbocycles. The minimum Gasteiger partial charge on any atom is -0.374 e. The number of amides is 3. The Labute approximate surface area is 218 Å². The number of aliphatic hydroxyl groups excluding tert-OH is 1. The number of aromatic nitrogens is 1. The van der Waals surface area contributed by atoms with Crippen LogP contribution in [0.5, 0.6) is 0 Å². The molecule has 2 aromatic rings. The van der Waals surface area contributed by atoms with E-state index in [0.717, 1.165) is 12.8 Å². The van der Waals surface area contributed by atoms with Gasteiger partial charge in [0.15, 0.2) is 0 Å². The summed E-state index contributed by atoms with van der Waals surface area (Å²) in [6.45, 7) is 5.50. The molecule has 6 atom stereocenters. The molecule has 0 bridgehead atoms. The van der Waals surface area contributed by atoms with Gasteiger partial charge in [0.05, 0.1) is 6.04 Å². The largest absolute Gasteiger partial charge is 0.374 e. The first-order valence-corrected chi connectivity index (χ1v) is 14.1. The first-order valence-electron chi connectivity index (χ1n) is 12.5. The third kappa shape index (κ3) is 4.56. The van der Waals surface area contributed by atoms with Crippen LogP contribution in [0.25, 0.3) is 10.9 Å². The molecule has 1 saturated heterocycles. The summed E-state index contributed by atoms with van der Waals surface area (Å²) in [5.41, 5.74) is -1.89. The SMILES string of the molecule is C[C@H](NC(=O)[C@@H]1[C@@H]2[C@H](CN1C(=O)[C@@H](NC(=O)c1cc3c(F)cccc3[nH]1)C1CC1)C2(C)C)C(O)S(=O)(=O)O. The van der Waals surface area contributed by atoms with E-state index in [2.05, 4.69) is 15.6 Å². The lowest BCUT2D eigenvalue weighted by molar-refractivity contribution is -0.142. The number of piperidine rings is 1. The molecule has 38 heavy (non-hydrogen) atoms. The highest BCUT2D eigenvalue weighted by Gasteiger charge is 2.69. The third-order valence-corrected chi connectivity index (χ3v) is 9.38. The zero-order valence-electron chi connectivity index (χ0n) is 21.1. The molecule has 206 valence electrons. The van der Waals surface area contributed by atoms with Crippen molar-refractivity contribution in [2.24, 2.45) is 23.2 Å². The van der Waals surface area contributed by atoms with Gasteiger partial charge in [0.25, 0.3) is 16.0 Å². The second kappa shape index (κ2) is 9.02. The number of carbonyl (C=O) groups is 3. The number of H-pyrrole nitrogens is 1. The normalized spacial score (nSPS) is 26.4. The number of likely N-dealkylation sites (tertiary alicyclic amines) is 1. The second-order valence-corrected chi connectivity index (χ2v) is 12.8. The number of aromatic amines is 1. The summed E-state index contributed by atoms with van der Waals surface area (Å²) in [6.07, 6.45) is 1.44. The highest BCUT2D eigenvalue weighted by Crippen LogP contribution is 2.65. The summed E-state index contributed by atoms with van der Waals surface area (Å²) in [7, 11) is -4.81. The Hall–Kier alpha value is -3.03. The van der Waals surface area contributed by atoms with Gasteiger partial charge in [-0.2, -0.15) is 8.42 Å². The van der Waals surface area contributed by atoms with Crippen molar-refractivity contribution >= 4 is 38.7 Å². The Morgan fingerprint density at radius 3 is 2.50 bits per heavy atom. The second-order valence-electron chi connectivity index (χ2n) is 11.3. The number of rotatable bonds is 8. The van der Waals surface area contributed by atoms with Gasteiger partial charge in [0.1, 0.15) is 23.6 Å². The van der Waals surface area contributed by atoms with Crippen molar-refractivity contribution in [2.45, 2.75) is 57.2 Å². The van der Waals surface area contributed by atoms with E-state index in [9.17, 15) is 32.3 Å². The maximum atomic E-state index is 14.1. The number of fused-ring (bicyclic) bond motifs is 2. The van der Waals surface area contributed by atoms with Gasteiger partial charge in [-0.25, -0.2) is 4.39 Å². The van der Waals surface area contributed by atoms with Crippen LogP contribution in [0.15, 0.2) is 24.3 Å². The quantitative estimate of drug-likeness (QED) is 0.306. The Morgan fingerprint density at radius 2 is 1.89 bits per heavy atom. The maximum Gasteiger partial charge on any atom is 0.294 e. The Kier molecular flexibility index (Phi) is 6.31. The van der Waals surface area contributed by atoms with Crippen molar-refractivity contribution in [3.63, 3.8) is 0 Å². The molecule has 1 aliphatic heterocycles. The Morgan fingerprint density at radius 1 is 1.21 bits per heavy atom. The Bertz CT molecular complexity index is 1420. The zero-order chi connectivity index (χ0) is 27.7. The lowest BCUT2D eigenvalue weighted by Gasteiger charge is -2.34. The van der Waals surface area contributed by atoms with Gasteiger partial charge < -0.3 is 25.6 Å². The van der Waals surface area contributed by atoms with E-state index in [4.69, 9.17) is 4.55 Å². The van der Waals surface area contributed by atoms with Crippen LogP contribution in [0.2, 0.25) is 0 Å². The van der Waals surface area contributed by atoms with Crippen molar-refractivity contribution in [3.8, 4) is 0 Å². The molecule has 2 saturated carbocycles. The average molecular weight is 551 g/mol. The van der Waals surface area contributed by atoms with Crippen LogP contribution < -0.4 is 10.6 Å². The van der Waals surface area contributed by atoms with Gasteiger partial charge in [-0.15, -0.1) is 0 Å². The van der Waals surface area contributed by atoms with E-state index in [0.29, 0.717) is 12.1 Å². The summed E-state index contributed by atoms with van der Waals surface area (Å²) in [4.78, 5) is 44.4. The lowest BCUT2D eigenvalue weighted by Crippen LogP contribution is -2.58. The summed E-state index contributed by atoms with van der Waals surface area (Å²) in [5.74, 6) is -2.37. The van der Waals surface area contributed by atoms with E-state index < -0.39 is 57.2 Å². The number of hydrogen-bond acceptors (Lipinski definition) is 6. The number of nitrogens with one attached hydrogen (secondary N) is 3. The topological polar surface area (TPSA) is 169 Å². The molecule has 1 aromatic heterocycles. The molecule has 11 nitrogen and oxygen atoms in total. The van der Waals surface area contributed by atoms with E-state index in [1.807, 2.05) is 13.8 Å². The van der Waals surface area contributed by atoms with E-state index >= 15 is 0 Å². The number of aliphatic hydroxyl groups is 1. The Balaban J connectivity index is 1.35. The highest BCUT2D eigenvalue weighted by atomic mass is 32.2. The van der Waals surface area contributed by atoms with Gasteiger partial charge >= 0.3 is 0 Å². The van der Waals surface area contributed by atoms with E-state index in [-0.39, 0.29) is 34.2 Å². The van der Waals surface area contributed by atoms with Gasteiger partial charge in [-0.1, -0.05) is 19.9 Å². The van der Waals surface area contributed by atoms with Crippen LogP contribution in [0, 0.1) is 29.0 Å². The van der Waals surface area contributed by atoms with Crippen LogP contribution in [0.1, 0.15) is 44.1 Å². The fourth-order valence-corrected chi connectivity index (χ4v) is 6.49. The third-order valence-electron chi connectivity index (χ3n) is 8.36. The van der Waals surface area contributed by atoms with Crippen molar-refractivity contribution < 1.29 is 36.9 Å². The molecule has 2 heterocycles. The fourth-order valence-electron chi connectivity index (χ4n) is 5.90. The predicted octanol–water partition coefficient (Wildman–Crippen LogP) is 1.01. The smallest absolute Gasteiger partial charge is 0.294 e. The highest BCUT2D eigenvalue weighted by molar-refractivity contribution is 7.86. The number of nitrogens with zero attached hydrogens (tertiary/aromatic N) is 1. The molecular weight excluding hydrogens is 519 g/mol. The van der Waals surface area contributed by atoms with E-state index in [1.54, 1.807) is 6.07 Å². The summed E-state index contributed by atoms with van der Waals surface area (Å²) >= 11 is 0. The molecule has 0 spiro atoms. The molecule has 5 N–H and O–H groups in total. The fraction of sp³-hybridized carbons (Fsp3) is 0.560. The van der Waals surface area contributed by atoms with Crippen molar-refractivity contribution in [1.82, 2.24) is 20.5 Å². The molecule has 3 aliphatic rings. The van der Waals surface area contributed by atoms with Crippen LogP contribution >= 0.6 is 0 Å². The molecular formula is C25H31FN4O7S. The zero-order valence-corrected chi connectivity index (χ0v) is 22.0. The van der Waals surface area contributed by atoms with Crippen LogP contribution in [0.3, 0.4) is 0 Å². The first-order chi connectivity index (χ1) is 17.7. The van der Waals surface area contributed by atoms with Crippen LogP contribution in [-0.4, -0.2) is 75.8 Å². The maximum absolute atomic E-state index is 14.1. The van der Waals surface area contributed by atoms with Crippen molar-refractivity contribution in [1.29, 1.82) is 0 Å². The molecule has 2 aliphatic carbocycles. The lowest BCUT2D eigenvalue weighted by atomic mass is 9.99. The van der Waals surface area contributed by atoms with Crippen molar-refractivity contribution in [3.05, 3.63) is 35.8 Å². The molecule has 1 unspecified atom stereocenters. The number of benzene rings is 1.